The van der Waals surface area contributed by atoms with Crippen LogP contribution in [0.4, 0.5) is 0 Å². The summed E-state index contributed by atoms with van der Waals surface area (Å²) in [6.45, 7) is 0. The molecule has 0 bridgehead atoms. The van der Waals surface area contributed by atoms with Crippen molar-refractivity contribution in [3.63, 3.8) is 0 Å². The van der Waals surface area contributed by atoms with Gasteiger partial charge < -0.3 is 8.83 Å². The molecule has 4 heteroatoms. The molecule has 0 saturated heterocycles. The Hall–Kier alpha value is -6.52. The molecule has 3 heterocycles. The van der Waals surface area contributed by atoms with Crippen LogP contribution in [0.1, 0.15) is 23.1 Å². The molecule has 2 aromatic heterocycles. The summed E-state index contributed by atoms with van der Waals surface area (Å²) >= 11 is 0. The molecule has 10 rings (SSSR count). The summed E-state index contributed by atoms with van der Waals surface area (Å²) in [5.41, 5.74) is 10.5. The minimum atomic E-state index is 0.668. The van der Waals surface area contributed by atoms with E-state index in [2.05, 4.69) is 121 Å². The Morgan fingerprint density at radius 3 is 1.96 bits per heavy atom. The highest BCUT2D eigenvalue weighted by atomic mass is 16.3. The summed E-state index contributed by atoms with van der Waals surface area (Å²) in [5.74, 6) is 0.668. The average molecular weight is 629 g/mol. The van der Waals surface area contributed by atoms with Crippen LogP contribution in [0.25, 0.3) is 71.5 Å². The predicted molar refractivity (Wildman–Crippen MR) is 202 cm³/mol. The molecule has 0 atom stereocenters. The second-order valence-corrected chi connectivity index (χ2v) is 12.5. The van der Waals surface area contributed by atoms with Crippen molar-refractivity contribution in [1.82, 2.24) is 0 Å². The zero-order valence-electron chi connectivity index (χ0n) is 26.4. The van der Waals surface area contributed by atoms with E-state index < -0.39 is 0 Å². The van der Waals surface area contributed by atoms with Gasteiger partial charge in [-0.25, -0.2) is 9.98 Å². The van der Waals surface area contributed by atoms with Gasteiger partial charge in [-0.05, 0) is 75.5 Å². The molecule has 0 unspecified atom stereocenters. The van der Waals surface area contributed by atoms with Gasteiger partial charge in [0, 0.05) is 33.5 Å². The molecule has 0 N–H and O–H groups in total. The third-order valence-corrected chi connectivity index (χ3v) is 9.54. The lowest BCUT2D eigenvalue weighted by atomic mass is 9.99. The standard InChI is InChI=1S/C45H28N2O2/c1-3-10-28(11-4-1)38-21-22-39(29-12-5-2-6-13-29)47-45(46-38)35-16-9-17-41-44(35)37-25-32(19-23-40(37)48-41)33-18-20-34-36-24-30-14-7-8-15-31(30)26-43(36)49-42(34)27-33/h1-21,23-27H,22H2. The first-order chi connectivity index (χ1) is 24.2. The fraction of sp³-hybridized carbons (Fsp3) is 0.0222. The van der Waals surface area contributed by atoms with E-state index in [1.165, 1.54) is 10.8 Å². The molecule has 7 aromatic carbocycles. The predicted octanol–water partition coefficient (Wildman–Crippen LogP) is 12.0. The van der Waals surface area contributed by atoms with Gasteiger partial charge in [-0.2, -0.15) is 0 Å². The fourth-order valence-corrected chi connectivity index (χ4v) is 7.11. The van der Waals surface area contributed by atoms with E-state index in [-0.39, 0.29) is 0 Å². The van der Waals surface area contributed by atoms with Crippen molar-refractivity contribution >= 4 is 71.9 Å². The van der Waals surface area contributed by atoms with Gasteiger partial charge in [-0.1, -0.05) is 115 Å². The summed E-state index contributed by atoms with van der Waals surface area (Å²) in [6.07, 6.45) is 2.85. The summed E-state index contributed by atoms with van der Waals surface area (Å²) < 4.78 is 12.9. The van der Waals surface area contributed by atoms with E-state index in [1.54, 1.807) is 0 Å². The Balaban J connectivity index is 1.14. The minimum Gasteiger partial charge on any atom is -0.456 e. The van der Waals surface area contributed by atoms with Crippen LogP contribution in [0.3, 0.4) is 0 Å². The van der Waals surface area contributed by atoms with Crippen LogP contribution < -0.4 is 0 Å². The van der Waals surface area contributed by atoms with Crippen molar-refractivity contribution in [3.05, 3.63) is 174 Å². The van der Waals surface area contributed by atoms with Crippen LogP contribution in [0, 0.1) is 0 Å². The number of amidine groups is 1. The number of rotatable bonds is 4. The normalized spacial score (nSPS) is 13.6. The van der Waals surface area contributed by atoms with Crippen molar-refractivity contribution in [2.24, 2.45) is 9.98 Å². The van der Waals surface area contributed by atoms with Gasteiger partial charge in [0.15, 0.2) is 5.84 Å². The molecule has 1 aliphatic rings. The van der Waals surface area contributed by atoms with Gasteiger partial charge in [0.1, 0.15) is 22.3 Å². The molecule has 0 spiro atoms. The molecule has 0 amide bonds. The molecule has 1 aliphatic heterocycles. The number of hydrogen-bond acceptors (Lipinski definition) is 4. The summed E-state index contributed by atoms with van der Waals surface area (Å²) in [4.78, 5) is 10.5. The number of hydrogen-bond donors (Lipinski definition) is 0. The SMILES string of the molecule is C1=C(c2ccccc2)N=C(c2cccc3oc4ccc(-c5ccc6c(c5)oc5cc7ccccc7cc56)cc4c23)N=C(c2ccccc2)C1. The topological polar surface area (TPSA) is 51.0 Å². The quantitative estimate of drug-likeness (QED) is 0.195. The minimum absolute atomic E-state index is 0.668. The third-order valence-electron chi connectivity index (χ3n) is 9.54. The molecule has 9 aromatic rings. The second kappa shape index (κ2) is 11.0. The first kappa shape index (κ1) is 27.6. The number of aliphatic imine (C=N–C) groups is 2. The maximum atomic E-state index is 6.44. The van der Waals surface area contributed by atoms with Crippen LogP contribution >= 0.6 is 0 Å². The Morgan fingerprint density at radius 2 is 1.12 bits per heavy atom. The van der Waals surface area contributed by atoms with E-state index in [0.29, 0.717) is 12.3 Å². The number of benzene rings is 7. The van der Waals surface area contributed by atoms with Crippen LogP contribution in [-0.2, 0) is 0 Å². The van der Waals surface area contributed by atoms with E-state index in [9.17, 15) is 0 Å². The summed E-state index contributed by atoms with van der Waals surface area (Å²) in [7, 11) is 0. The zero-order valence-corrected chi connectivity index (χ0v) is 26.4. The maximum Gasteiger partial charge on any atom is 0.160 e. The number of furan rings is 2. The first-order valence-electron chi connectivity index (χ1n) is 16.5. The number of nitrogens with zero attached hydrogens (tertiary/aromatic N) is 2. The van der Waals surface area contributed by atoms with Crippen LogP contribution in [0.5, 0.6) is 0 Å². The lowest BCUT2D eigenvalue weighted by Crippen LogP contribution is -2.05. The van der Waals surface area contributed by atoms with Gasteiger partial charge in [0.05, 0.1) is 11.4 Å². The van der Waals surface area contributed by atoms with Gasteiger partial charge in [0.25, 0.3) is 0 Å². The van der Waals surface area contributed by atoms with Crippen molar-refractivity contribution < 1.29 is 8.83 Å². The zero-order chi connectivity index (χ0) is 32.3. The summed E-state index contributed by atoms with van der Waals surface area (Å²) in [5, 5.41) is 6.65. The first-order valence-corrected chi connectivity index (χ1v) is 16.5. The van der Waals surface area contributed by atoms with Crippen LogP contribution in [0.15, 0.2) is 177 Å². The third kappa shape index (κ3) is 4.68. The van der Waals surface area contributed by atoms with Crippen molar-refractivity contribution in [2.45, 2.75) is 6.42 Å². The molecule has 0 radical (unpaired) electrons. The molecule has 0 saturated carbocycles. The van der Waals surface area contributed by atoms with Crippen LogP contribution in [0.2, 0.25) is 0 Å². The fourth-order valence-electron chi connectivity index (χ4n) is 7.11. The molecule has 0 fully saturated rings. The highest BCUT2D eigenvalue weighted by molar-refractivity contribution is 6.23. The highest BCUT2D eigenvalue weighted by Crippen LogP contribution is 2.38. The second-order valence-electron chi connectivity index (χ2n) is 12.5. The molecule has 230 valence electrons. The largest absolute Gasteiger partial charge is 0.456 e. The molecule has 49 heavy (non-hydrogen) atoms. The van der Waals surface area contributed by atoms with E-state index in [4.69, 9.17) is 18.8 Å². The van der Waals surface area contributed by atoms with Gasteiger partial charge in [-0.3, -0.25) is 0 Å². The lowest BCUT2D eigenvalue weighted by molar-refractivity contribution is 0.669. The highest BCUT2D eigenvalue weighted by Gasteiger charge is 2.19. The van der Waals surface area contributed by atoms with Crippen molar-refractivity contribution in [1.29, 1.82) is 0 Å². The lowest BCUT2D eigenvalue weighted by Gasteiger charge is -2.07. The van der Waals surface area contributed by atoms with Crippen molar-refractivity contribution in [2.75, 3.05) is 0 Å². The van der Waals surface area contributed by atoms with E-state index in [0.717, 1.165) is 83.1 Å². The monoisotopic (exact) mass is 628 g/mol. The van der Waals surface area contributed by atoms with Gasteiger partial charge in [0.2, 0.25) is 0 Å². The Kier molecular flexibility index (Phi) is 6.21. The Morgan fingerprint density at radius 1 is 0.429 bits per heavy atom. The van der Waals surface area contributed by atoms with Crippen LogP contribution in [-0.4, -0.2) is 11.5 Å². The smallest absolute Gasteiger partial charge is 0.160 e. The Bertz CT molecular complexity index is 2840. The molecule has 0 aliphatic carbocycles. The average Bonchev–Trinajstić information content (AvgIpc) is 3.62. The summed E-state index contributed by atoms with van der Waals surface area (Å²) in [6, 6.07) is 52.5. The molecular weight excluding hydrogens is 601 g/mol. The van der Waals surface area contributed by atoms with Gasteiger partial charge in [-0.15, -0.1) is 0 Å². The van der Waals surface area contributed by atoms with E-state index >= 15 is 0 Å². The Labute approximate surface area is 282 Å². The van der Waals surface area contributed by atoms with E-state index in [1.807, 2.05) is 36.4 Å². The number of allylic oxidation sites excluding steroid dienone is 1. The maximum absolute atomic E-state index is 6.44. The van der Waals surface area contributed by atoms with Gasteiger partial charge >= 0.3 is 0 Å². The number of fused-ring (bicyclic) bond motifs is 7. The molecule has 4 nitrogen and oxygen atoms in total. The molecular formula is C45H28N2O2. The van der Waals surface area contributed by atoms with Crippen molar-refractivity contribution in [3.8, 4) is 11.1 Å².